The Labute approximate surface area is 221 Å². The molecule has 6 rings (SSSR count). The molecule has 3 aliphatic heterocycles. The number of imidazole rings is 1. The number of hydrogen-bond donors (Lipinski definition) is 2. The second kappa shape index (κ2) is 10.1. The number of nitrogens with zero attached hydrogens (tertiary/aromatic N) is 5. The van der Waals surface area contributed by atoms with Gasteiger partial charge >= 0.3 is 0 Å². The van der Waals surface area contributed by atoms with Crippen molar-refractivity contribution in [2.24, 2.45) is 9.98 Å². The molecule has 7 nitrogen and oxygen atoms in total. The Morgan fingerprint density at radius 3 is 2.82 bits per heavy atom. The van der Waals surface area contributed by atoms with Crippen LogP contribution >= 0.6 is 0 Å². The summed E-state index contributed by atoms with van der Waals surface area (Å²) in [5, 5.41) is 3.24. The third-order valence-corrected chi connectivity index (χ3v) is 6.71. The van der Waals surface area contributed by atoms with Crippen LogP contribution in [0.5, 0.6) is 0 Å². The number of rotatable bonds is 5. The number of benzene rings is 1. The lowest BCUT2D eigenvalue weighted by atomic mass is 9.91. The molecule has 3 aliphatic rings. The van der Waals surface area contributed by atoms with Gasteiger partial charge in [0.1, 0.15) is 11.5 Å². The Bertz CT molecular complexity index is 1570. The Hall–Kier alpha value is -4.43. The van der Waals surface area contributed by atoms with Crippen LogP contribution in [0.4, 0.5) is 10.2 Å². The van der Waals surface area contributed by atoms with E-state index in [1.807, 2.05) is 75.1 Å². The summed E-state index contributed by atoms with van der Waals surface area (Å²) >= 11 is 0. The van der Waals surface area contributed by atoms with E-state index in [1.54, 1.807) is 12.4 Å². The number of halogens is 1. The number of H-pyrrole nitrogens is 1. The van der Waals surface area contributed by atoms with Gasteiger partial charge in [-0.3, -0.25) is 15.0 Å². The summed E-state index contributed by atoms with van der Waals surface area (Å²) in [6.07, 6.45) is 15.9. The lowest BCUT2D eigenvalue weighted by Crippen LogP contribution is -2.19. The van der Waals surface area contributed by atoms with E-state index in [9.17, 15) is 0 Å². The number of nitrogens with one attached hydrogen (secondary N) is 2. The molecule has 0 fully saturated rings. The smallest absolute Gasteiger partial charge is 0.159 e. The third-order valence-electron chi connectivity index (χ3n) is 6.71. The molecular formula is C30H28FN7. The van der Waals surface area contributed by atoms with E-state index in [1.165, 1.54) is 0 Å². The van der Waals surface area contributed by atoms with Crippen LogP contribution in [0.3, 0.4) is 0 Å². The van der Waals surface area contributed by atoms with Crippen molar-refractivity contribution < 1.29 is 4.39 Å². The molecule has 190 valence electrons. The molecule has 0 saturated heterocycles. The highest BCUT2D eigenvalue weighted by atomic mass is 19.1. The maximum atomic E-state index is 16.4. The zero-order valence-electron chi connectivity index (χ0n) is 21.4. The van der Waals surface area contributed by atoms with E-state index in [2.05, 4.69) is 25.2 Å². The molecule has 1 aromatic carbocycles. The normalized spacial score (nSPS) is 16.4. The maximum absolute atomic E-state index is 16.4. The van der Waals surface area contributed by atoms with Gasteiger partial charge in [-0.2, -0.15) is 0 Å². The van der Waals surface area contributed by atoms with E-state index in [0.717, 1.165) is 40.1 Å². The maximum Gasteiger partial charge on any atom is 0.159 e. The van der Waals surface area contributed by atoms with Gasteiger partial charge in [-0.25, -0.2) is 9.37 Å². The molecule has 2 aromatic heterocycles. The van der Waals surface area contributed by atoms with Gasteiger partial charge < -0.3 is 15.2 Å². The molecule has 3 aromatic rings. The third kappa shape index (κ3) is 4.54. The van der Waals surface area contributed by atoms with Crippen molar-refractivity contribution in [1.82, 2.24) is 19.9 Å². The topological polar surface area (TPSA) is 81.6 Å². The van der Waals surface area contributed by atoms with E-state index in [0.29, 0.717) is 48.0 Å². The quantitative estimate of drug-likeness (QED) is 0.528. The summed E-state index contributed by atoms with van der Waals surface area (Å²) in [4.78, 5) is 23.7. The second-order valence-electron chi connectivity index (χ2n) is 9.68. The number of allylic oxidation sites excluding steroid dienone is 4. The highest BCUT2D eigenvalue weighted by molar-refractivity contribution is 6.13. The standard InChI is InChI=1S/C30H28FN7/c1-38(2)18-19-16-22(9-14-33-17-19)23-6-5-21-10-15-34-28(25(21)26(23)31)30-36-27-24(20-7-12-32-13-8-20)4-3-11-35-29(27)37-30/h3-9,11-13,16-17,35H,10,14-15,18H2,1-2H3,(H,36,37). The van der Waals surface area contributed by atoms with Crippen molar-refractivity contribution >= 4 is 28.9 Å². The highest BCUT2D eigenvalue weighted by Gasteiger charge is 2.27. The average Bonchev–Trinajstić information content (AvgIpc) is 3.06. The zero-order valence-corrected chi connectivity index (χ0v) is 21.4. The molecule has 0 aliphatic carbocycles. The van der Waals surface area contributed by atoms with Crippen LogP contribution in [0, 0.1) is 5.82 Å². The number of aliphatic imine (C=N–C) groups is 2. The van der Waals surface area contributed by atoms with Crippen LogP contribution in [0.15, 0.2) is 82.7 Å². The molecule has 0 bridgehead atoms. The predicted molar refractivity (Wildman–Crippen MR) is 151 cm³/mol. The fraction of sp³-hybridized carbons (Fsp3) is 0.200. The number of aromatic amines is 1. The van der Waals surface area contributed by atoms with E-state index in [-0.39, 0.29) is 5.82 Å². The fourth-order valence-electron chi connectivity index (χ4n) is 5.03. The summed E-state index contributed by atoms with van der Waals surface area (Å²) < 4.78 is 16.4. The van der Waals surface area contributed by atoms with Crippen LogP contribution in [-0.2, 0) is 6.42 Å². The van der Waals surface area contributed by atoms with Gasteiger partial charge in [-0.15, -0.1) is 0 Å². The molecule has 0 radical (unpaired) electrons. The number of pyridine rings is 1. The molecule has 38 heavy (non-hydrogen) atoms. The largest absolute Gasteiger partial charge is 0.345 e. The predicted octanol–water partition coefficient (Wildman–Crippen LogP) is 4.66. The Kier molecular flexibility index (Phi) is 6.39. The van der Waals surface area contributed by atoms with Crippen molar-refractivity contribution in [3.05, 3.63) is 112 Å². The molecule has 0 amide bonds. The number of hydrogen-bond acceptors (Lipinski definition) is 6. The summed E-state index contributed by atoms with van der Waals surface area (Å²) in [6, 6.07) is 7.81. The lowest BCUT2D eigenvalue weighted by molar-refractivity contribution is 0.451. The van der Waals surface area contributed by atoms with Crippen LogP contribution in [0.1, 0.15) is 33.8 Å². The van der Waals surface area contributed by atoms with Crippen LogP contribution in [0.2, 0.25) is 0 Å². The molecular weight excluding hydrogens is 477 g/mol. The monoisotopic (exact) mass is 505 g/mol. The molecule has 5 heterocycles. The summed E-state index contributed by atoms with van der Waals surface area (Å²) in [5.74, 6) is 0.929. The Balaban J connectivity index is 1.42. The molecule has 0 spiro atoms. The summed E-state index contributed by atoms with van der Waals surface area (Å²) in [6.45, 7) is 1.82. The number of likely N-dealkylation sites (N-methyl/N-ethyl adjacent to an activating group) is 1. The minimum absolute atomic E-state index is 0.279. The molecule has 0 unspecified atom stereocenters. The van der Waals surface area contributed by atoms with Crippen molar-refractivity contribution in [2.45, 2.75) is 6.42 Å². The summed E-state index contributed by atoms with van der Waals surface area (Å²) in [5.41, 5.74) is 7.20. The molecule has 2 N–H and O–H groups in total. The number of aromatic nitrogens is 3. The molecule has 8 heteroatoms. The fourth-order valence-corrected chi connectivity index (χ4v) is 5.03. The molecule has 0 atom stereocenters. The number of fused-ring (bicyclic) bond motifs is 2. The SMILES string of the molecule is CN(C)CC1=CC(c2ccc3c(c2F)C(c2nc4c([nH]2)C(c2ccncc2)=CC=CN4)=NCC3)=CCN=C1. The minimum Gasteiger partial charge on any atom is -0.345 e. The first-order chi connectivity index (χ1) is 18.6. The van der Waals surface area contributed by atoms with Crippen LogP contribution in [-0.4, -0.2) is 65.5 Å². The van der Waals surface area contributed by atoms with E-state index in [4.69, 9.17) is 9.98 Å². The summed E-state index contributed by atoms with van der Waals surface area (Å²) in [7, 11) is 4.02. The van der Waals surface area contributed by atoms with Crippen molar-refractivity contribution in [1.29, 1.82) is 0 Å². The van der Waals surface area contributed by atoms with Gasteiger partial charge in [0.25, 0.3) is 0 Å². The lowest BCUT2D eigenvalue weighted by Gasteiger charge is -2.19. The van der Waals surface area contributed by atoms with Gasteiger partial charge in [0.05, 0.1) is 12.2 Å². The van der Waals surface area contributed by atoms with E-state index < -0.39 is 0 Å². The Morgan fingerprint density at radius 2 is 1.97 bits per heavy atom. The average molecular weight is 506 g/mol. The van der Waals surface area contributed by atoms with Crippen molar-refractivity contribution in [2.75, 3.05) is 39.0 Å². The van der Waals surface area contributed by atoms with Crippen molar-refractivity contribution in [3.63, 3.8) is 0 Å². The first kappa shape index (κ1) is 23.9. The van der Waals surface area contributed by atoms with Crippen molar-refractivity contribution in [3.8, 4) is 0 Å². The molecule has 0 saturated carbocycles. The van der Waals surface area contributed by atoms with Gasteiger partial charge in [-0.1, -0.05) is 24.3 Å². The Morgan fingerprint density at radius 1 is 1.11 bits per heavy atom. The highest BCUT2D eigenvalue weighted by Crippen LogP contribution is 2.33. The van der Waals surface area contributed by atoms with Crippen LogP contribution < -0.4 is 5.32 Å². The van der Waals surface area contributed by atoms with Gasteiger partial charge in [0.2, 0.25) is 0 Å². The van der Waals surface area contributed by atoms with Crippen LogP contribution in [0.25, 0.3) is 11.1 Å². The number of anilines is 1. The first-order valence-electron chi connectivity index (χ1n) is 12.6. The van der Waals surface area contributed by atoms with Gasteiger partial charge in [0, 0.05) is 54.6 Å². The second-order valence-corrected chi connectivity index (χ2v) is 9.68. The van der Waals surface area contributed by atoms with Gasteiger partial charge in [0.15, 0.2) is 11.6 Å². The van der Waals surface area contributed by atoms with Gasteiger partial charge in [-0.05, 0) is 67.1 Å². The first-order valence-corrected chi connectivity index (χ1v) is 12.6. The zero-order chi connectivity index (χ0) is 26.1. The minimum atomic E-state index is -0.279. The van der Waals surface area contributed by atoms with E-state index >= 15 is 4.39 Å².